The van der Waals surface area contributed by atoms with Gasteiger partial charge in [-0.05, 0) is 49.9 Å². The second-order valence-corrected chi connectivity index (χ2v) is 7.87. The van der Waals surface area contributed by atoms with E-state index in [1.54, 1.807) is 10.4 Å². The molecule has 0 unspecified atom stereocenters. The van der Waals surface area contributed by atoms with Crippen LogP contribution in [0.1, 0.15) is 24.0 Å². The molecule has 19 heavy (non-hydrogen) atoms. The predicted molar refractivity (Wildman–Crippen MR) is 79.6 cm³/mol. The quantitative estimate of drug-likeness (QED) is 0.892. The number of halogens is 1. The topological polar surface area (TPSA) is 63.4 Å². The molecule has 0 aliphatic carbocycles. The molecule has 1 aromatic rings. The highest BCUT2D eigenvalue weighted by atomic mass is 79.9. The molecule has 2 rings (SSSR count). The van der Waals surface area contributed by atoms with Crippen molar-refractivity contribution in [2.75, 3.05) is 13.1 Å². The maximum Gasteiger partial charge on any atom is 0.243 e. The highest BCUT2D eigenvalue weighted by Gasteiger charge is 2.29. The van der Waals surface area contributed by atoms with Crippen LogP contribution in [0.4, 0.5) is 0 Å². The number of benzene rings is 1. The van der Waals surface area contributed by atoms with Crippen LogP contribution in [0, 0.1) is 13.8 Å². The van der Waals surface area contributed by atoms with Crippen LogP contribution in [0.3, 0.4) is 0 Å². The lowest BCUT2D eigenvalue weighted by Gasteiger charge is -2.29. The molecular formula is C13H19BrN2O2S. The van der Waals surface area contributed by atoms with E-state index >= 15 is 0 Å². The molecule has 106 valence electrons. The number of sulfonamides is 1. The van der Waals surface area contributed by atoms with E-state index in [0.29, 0.717) is 18.0 Å². The van der Waals surface area contributed by atoms with Gasteiger partial charge in [0.2, 0.25) is 10.0 Å². The highest BCUT2D eigenvalue weighted by molar-refractivity contribution is 9.10. The molecular weight excluding hydrogens is 328 g/mol. The first kappa shape index (κ1) is 15.0. The zero-order chi connectivity index (χ0) is 14.2. The third kappa shape index (κ3) is 3.02. The summed E-state index contributed by atoms with van der Waals surface area (Å²) in [5, 5.41) is 0. The Morgan fingerprint density at radius 3 is 2.37 bits per heavy atom. The number of piperidine rings is 1. The van der Waals surface area contributed by atoms with Crippen molar-refractivity contribution in [2.45, 2.75) is 37.6 Å². The molecule has 0 bridgehead atoms. The molecule has 6 heteroatoms. The maximum atomic E-state index is 12.6. The minimum atomic E-state index is -3.40. The Balaban J connectivity index is 2.37. The molecule has 0 atom stereocenters. The number of hydrogen-bond donors (Lipinski definition) is 1. The Kier molecular flexibility index (Phi) is 4.35. The standard InChI is InChI=1S/C13H19BrN2O2S/c1-9-8-13(10(2)7-12(9)14)19(17,18)16-5-3-11(15)4-6-16/h7-8,11H,3-6,15H2,1-2H3. The zero-order valence-corrected chi connectivity index (χ0v) is 13.6. The van der Waals surface area contributed by atoms with Gasteiger partial charge < -0.3 is 5.73 Å². The molecule has 2 N–H and O–H groups in total. The second-order valence-electron chi connectivity index (χ2n) is 5.11. The third-order valence-corrected chi connectivity index (χ3v) is 6.47. The van der Waals surface area contributed by atoms with E-state index < -0.39 is 10.0 Å². The first-order valence-corrected chi connectivity index (χ1v) is 8.58. The summed E-state index contributed by atoms with van der Waals surface area (Å²) in [5.41, 5.74) is 7.52. The van der Waals surface area contributed by atoms with Gasteiger partial charge in [-0.1, -0.05) is 15.9 Å². The Labute approximate surface area is 123 Å². The van der Waals surface area contributed by atoms with Crippen LogP contribution in [0.2, 0.25) is 0 Å². The number of nitrogens with two attached hydrogens (primary N) is 1. The minimum Gasteiger partial charge on any atom is -0.328 e. The van der Waals surface area contributed by atoms with E-state index in [1.807, 2.05) is 19.9 Å². The summed E-state index contributed by atoms with van der Waals surface area (Å²) in [6.45, 7) is 4.75. The van der Waals surface area contributed by atoms with Crippen molar-refractivity contribution in [3.63, 3.8) is 0 Å². The lowest BCUT2D eigenvalue weighted by Crippen LogP contribution is -2.42. The van der Waals surface area contributed by atoms with Crippen LogP contribution in [-0.2, 0) is 10.0 Å². The van der Waals surface area contributed by atoms with Gasteiger partial charge in [-0.25, -0.2) is 8.42 Å². The van der Waals surface area contributed by atoms with Gasteiger partial charge in [0.15, 0.2) is 0 Å². The molecule has 1 fully saturated rings. The monoisotopic (exact) mass is 346 g/mol. The fourth-order valence-corrected chi connectivity index (χ4v) is 4.51. The van der Waals surface area contributed by atoms with Crippen molar-refractivity contribution >= 4 is 26.0 Å². The molecule has 0 saturated carbocycles. The summed E-state index contributed by atoms with van der Waals surface area (Å²) in [6.07, 6.45) is 1.46. The van der Waals surface area contributed by atoms with Crippen molar-refractivity contribution < 1.29 is 8.42 Å². The van der Waals surface area contributed by atoms with Crippen LogP contribution in [-0.4, -0.2) is 31.9 Å². The molecule has 0 spiro atoms. The van der Waals surface area contributed by atoms with Crippen molar-refractivity contribution in [3.8, 4) is 0 Å². The lowest BCUT2D eigenvalue weighted by atomic mass is 10.1. The molecule has 1 aromatic carbocycles. The number of hydrogen-bond acceptors (Lipinski definition) is 3. The van der Waals surface area contributed by atoms with Crippen LogP contribution < -0.4 is 5.73 Å². The van der Waals surface area contributed by atoms with Crippen molar-refractivity contribution in [2.24, 2.45) is 5.73 Å². The molecule has 1 aliphatic rings. The predicted octanol–water partition coefficient (Wildman–Crippen LogP) is 2.18. The Morgan fingerprint density at radius 2 is 1.79 bits per heavy atom. The van der Waals surface area contributed by atoms with E-state index in [9.17, 15) is 8.42 Å². The average molecular weight is 347 g/mol. The van der Waals surface area contributed by atoms with Crippen LogP contribution in [0.15, 0.2) is 21.5 Å². The third-order valence-electron chi connectivity index (χ3n) is 3.57. The Morgan fingerprint density at radius 1 is 1.21 bits per heavy atom. The first-order chi connectivity index (χ1) is 8.82. The molecule has 1 saturated heterocycles. The fourth-order valence-electron chi connectivity index (χ4n) is 2.29. The first-order valence-electron chi connectivity index (χ1n) is 6.35. The highest BCUT2D eigenvalue weighted by Crippen LogP contribution is 2.27. The van der Waals surface area contributed by atoms with Gasteiger partial charge in [0.25, 0.3) is 0 Å². The van der Waals surface area contributed by atoms with E-state index in [1.165, 1.54) is 0 Å². The van der Waals surface area contributed by atoms with Gasteiger partial charge in [0.1, 0.15) is 0 Å². The lowest BCUT2D eigenvalue weighted by molar-refractivity contribution is 0.320. The maximum absolute atomic E-state index is 12.6. The van der Waals surface area contributed by atoms with E-state index in [2.05, 4.69) is 15.9 Å². The van der Waals surface area contributed by atoms with E-state index in [0.717, 1.165) is 28.4 Å². The number of nitrogens with zero attached hydrogens (tertiary/aromatic N) is 1. The van der Waals surface area contributed by atoms with Gasteiger partial charge in [-0.15, -0.1) is 0 Å². The Bertz CT molecular complexity index is 579. The smallest absolute Gasteiger partial charge is 0.243 e. The summed E-state index contributed by atoms with van der Waals surface area (Å²) < 4.78 is 27.8. The van der Waals surface area contributed by atoms with Crippen LogP contribution in [0.5, 0.6) is 0 Å². The largest absolute Gasteiger partial charge is 0.328 e. The summed E-state index contributed by atoms with van der Waals surface area (Å²) in [6, 6.07) is 3.72. The molecule has 4 nitrogen and oxygen atoms in total. The zero-order valence-electron chi connectivity index (χ0n) is 11.2. The van der Waals surface area contributed by atoms with Gasteiger partial charge in [0.05, 0.1) is 4.90 Å². The molecule has 1 heterocycles. The Hall–Kier alpha value is -0.430. The summed E-state index contributed by atoms with van der Waals surface area (Å²) >= 11 is 3.43. The average Bonchev–Trinajstić information content (AvgIpc) is 2.34. The summed E-state index contributed by atoms with van der Waals surface area (Å²) in [7, 11) is -3.40. The molecule has 0 aromatic heterocycles. The minimum absolute atomic E-state index is 0.124. The number of aryl methyl sites for hydroxylation is 2. The van der Waals surface area contributed by atoms with Gasteiger partial charge in [-0.2, -0.15) is 4.31 Å². The van der Waals surface area contributed by atoms with Crippen molar-refractivity contribution in [3.05, 3.63) is 27.7 Å². The SMILES string of the molecule is Cc1cc(S(=O)(=O)N2CCC(N)CC2)c(C)cc1Br. The molecule has 0 radical (unpaired) electrons. The van der Waals surface area contributed by atoms with Gasteiger partial charge in [0, 0.05) is 23.6 Å². The summed E-state index contributed by atoms with van der Waals surface area (Å²) in [5.74, 6) is 0. The molecule has 0 amide bonds. The fraction of sp³-hybridized carbons (Fsp3) is 0.538. The van der Waals surface area contributed by atoms with Gasteiger partial charge >= 0.3 is 0 Å². The van der Waals surface area contributed by atoms with E-state index in [-0.39, 0.29) is 6.04 Å². The van der Waals surface area contributed by atoms with Gasteiger partial charge in [-0.3, -0.25) is 0 Å². The van der Waals surface area contributed by atoms with Crippen LogP contribution >= 0.6 is 15.9 Å². The normalized spacial score (nSPS) is 18.7. The molecule has 1 aliphatic heterocycles. The van der Waals surface area contributed by atoms with E-state index in [4.69, 9.17) is 5.73 Å². The van der Waals surface area contributed by atoms with Crippen LogP contribution in [0.25, 0.3) is 0 Å². The number of rotatable bonds is 2. The summed E-state index contributed by atoms with van der Waals surface area (Å²) in [4.78, 5) is 0.406. The van der Waals surface area contributed by atoms with Crippen molar-refractivity contribution in [1.29, 1.82) is 0 Å². The second kappa shape index (κ2) is 5.52. The van der Waals surface area contributed by atoms with Crippen molar-refractivity contribution in [1.82, 2.24) is 4.31 Å².